The maximum Gasteiger partial charge on any atom is 0.263 e. The van der Waals surface area contributed by atoms with E-state index in [-0.39, 0.29) is 5.91 Å². The van der Waals surface area contributed by atoms with Crippen LogP contribution in [0.3, 0.4) is 0 Å². The van der Waals surface area contributed by atoms with E-state index >= 15 is 0 Å². The van der Waals surface area contributed by atoms with Crippen LogP contribution < -0.4 is 16.4 Å². The molecule has 6 heteroatoms. The van der Waals surface area contributed by atoms with Gasteiger partial charge in [-0.2, -0.15) is 0 Å². The van der Waals surface area contributed by atoms with E-state index in [9.17, 15) is 4.79 Å². The van der Waals surface area contributed by atoms with Crippen molar-refractivity contribution >= 4 is 27.9 Å². The number of hydrogen-bond donors (Lipinski definition) is 3. The number of carbonyl (C=O) groups excluding carboxylic acids is 1. The first-order valence-corrected chi connectivity index (χ1v) is 8.39. The summed E-state index contributed by atoms with van der Waals surface area (Å²) in [7, 11) is 0. The van der Waals surface area contributed by atoms with Crippen LogP contribution in [-0.2, 0) is 4.74 Å². The van der Waals surface area contributed by atoms with Gasteiger partial charge in [-0.3, -0.25) is 4.79 Å². The lowest BCUT2D eigenvalue weighted by molar-refractivity contribution is 0.0956. The summed E-state index contributed by atoms with van der Waals surface area (Å²) in [5.41, 5.74) is 6.46. The molecule has 0 atom stereocenters. The quantitative estimate of drug-likeness (QED) is 0.613. The number of nitrogens with two attached hydrogens (primary N) is 1. The van der Waals surface area contributed by atoms with E-state index in [2.05, 4.69) is 24.5 Å². The molecule has 1 amide bonds. The molecule has 118 valence electrons. The van der Waals surface area contributed by atoms with E-state index < -0.39 is 0 Å². The third kappa shape index (κ3) is 5.55. The monoisotopic (exact) mass is 311 g/mol. The molecule has 1 heterocycles. The van der Waals surface area contributed by atoms with Gasteiger partial charge in [0.05, 0.1) is 10.7 Å². The predicted octanol–water partition coefficient (Wildman–Crippen LogP) is 2.70. The molecule has 0 bridgehead atoms. The summed E-state index contributed by atoms with van der Waals surface area (Å²) >= 11 is 1.42. The summed E-state index contributed by atoms with van der Waals surface area (Å²) in [6.07, 6.45) is 3.10. The zero-order valence-corrected chi connectivity index (χ0v) is 13.6. The van der Waals surface area contributed by atoms with Gasteiger partial charge in [0, 0.05) is 25.8 Å². The Morgan fingerprint density at radius 2 is 2.29 bits per heavy atom. The number of carbonyl (C=O) groups is 1. The molecule has 21 heavy (non-hydrogen) atoms. The van der Waals surface area contributed by atoms with E-state index in [4.69, 9.17) is 10.5 Å². The van der Waals surface area contributed by atoms with Gasteiger partial charge in [0.25, 0.3) is 5.91 Å². The molecule has 0 radical (unpaired) electrons. The van der Waals surface area contributed by atoms with Gasteiger partial charge in [-0.15, -0.1) is 11.3 Å². The number of nitrogens with one attached hydrogen (secondary N) is 2. The first-order chi connectivity index (χ1) is 10.1. The van der Waals surface area contributed by atoms with Crippen molar-refractivity contribution < 1.29 is 9.53 Å². The smallest absolute Gasteiger partial charge is 0.263 e. The summed E-state index contributed by atoms with van der Waals surface area (Å²) in [5.74, 6) is 0.524. The predicted molar refractivity (Wildman–Crippen MR) is 88.0 cm³/mol. The normalized spacial score (nSPS) is 14.4. The van der Waals surface area contributed by atoms with Crippen LogP contribution in [0.1, 0.15) is 42.8 Å². The summed E-state index contributed by atoms with van der Waals surface area (Å²) in [5, 5.41) is 7.20. The molecule has 0 aliphatic heterocycles. The highest BCUT2D eigenvalue weighted by Crippen LogP contribution is 2.30. The highest BCUT2D eigenvalue weighted by Gasteiger charge is 2.25. The SMILES string of the molecule is CC(C)COCCCNc1cc(N)c(C(=O)NC2CC2)s1. The van der Waals surface area contributed by atoms with Crippen molar-refractivity contribution in [3.8, 4) is 0 Å². The lowest BCUT2D eigenvalue weighted by atomic mass is 10.2. The van der Waals surface area contributed by atoms with E-state index in [0.29, 0.717) is 22.5 Å². The Labute approximate surface area is 130 Å². The minimum absolute atomic E-state index is 0.0479. The fourth-order valence-electron chi connectivity index (χ4n) is 1.85. The molecule has 4 N–H and O–H groups in total. The minimum Gasteiger partial charge on any atom is -0.397 e. The van der Waals surface area contributed by atoms with Crippen LogP contribution in [0.2, 0.25) is 0 Å². The molecule has 1 aromatic rings. The lowest BCUT2D eigenvalue weighted by Gasteiger charge is -2.07. The molecule has 0 spiro atoms. The van der Waals surface area contributed by atoms with Gasteiger partial charge in [-0.05, 0) is 31.2 Å². The van der Waals surface area contributed by atoms with Crippen molar-refractivity contribution in [3.05, 3.63) is 10.9 Å². The highest BCUT2D eigenvalue weighted by atomic mass is 32.1. The van der Waals surface area contributed by atoms with Crippen LogP contribution in [0.5, 0.6) is 0 Å². The molecule has 1 fully saturated rings. The third-order valence-corrected chi connectivity index (χ3v) is 4.20. The summed E-state index contributed by atoms with van der Waals surface area (Å²) in [4.78, 5) is 12.6. The summed E-state index contributed by atoms with van der Waals surface area (Å²) in [6.45, 7) is 6.65. The molecule has 1 saturated carbocycles. The van der Waals surface area contributed by atoms with Gasteiger partial charge >= 0.3 is 0 Å². The molecule has 2 rings (SSSR count). The van der Waals surface area contributed by atoms with Crippen molar-refractivity contribution in [1.82, 2.24) is 5.32 Å². The Kier molecular flexibility index (Phi) is 5.87. The highest BCUT2D eigenvalue weighted by molar-refractivity contribution is 7.18. The average Bonchev–Trinajstić information content (AvgIpc) is 3.15. The second-order valence-corrected chi connectivity index (χ2v) is 6.94. The Bertz CT molecular complexity index is 469. The van der Waals surface area contributed by atoms with Gasteiger partial charge in [-0.1, -0.05) is 13.8 Å². The van der Waals surface area contributed by atoms with Gasteiger partial charge in [-0.25, -0.2) is 0 Å². The fraction of sp³-hybridized carbons (Fsp3) is 0.667. The molecule has 1 aromatic heterocycles. The number of hydrogen-bond acceptors (Lipinski definition) is 5. The zero-order chi connectivity index (χ0) is 15.2. The minimum atomic E-state index is -0.0479. The average molecular weight is 311 g/mol. The molecule has 0 saturated heterocycles. The van der Waals surface area contributed by atoms with Crippen molar-refractivity contribution in [2.45, 2.75) is 39.2 Å². The van der Waals surface area contributed by atoms with E-state index in [1.54, 1.807) is 0 Å². The molecular formula is C15H25N3O2S. The number of thiophene rings is 1. The van der Waals surface area contributed by atoms with Gasteiger partial charge < -0.3 is 21.1 Å². The fourth-order valence-corrected chi connectivity index (χ4v) is 2.76. The van der Waals surface area contributed by atoms with E-state index in [0.717, 1.165) is 44.0 Å². The molecule has 5 nitrogen and oxygen atoms in total. The van der Waals surface area contributed by atoms with E-state index in [1.807, 2.05) is 6.07 Å². The number of rotatable bonds is 9. The molecule has 0 unspecified atom stereocenters. The Morgan fingerprint density at radius 1 is 1.52 bits per heavy atom. The van der Waals surface area contributed by atoms with Crippen molar-refractivity contribution in [2.75, 3.05) is 30.8 Å². The Morgan fingerprint density at radius 3 is 2.95 bits per heavy atom. The summed E-state index contributed by atoms with van der Waals surface area (Å²) < 4.78 is 5.53. The first-order valence-electron chi connectivity index (χ1n) is 7.58. The first kappa shape index (κ1) is 16.1. The van der Waals surface area contributed by atoms with Gasteiger partial charge in [0.2, 0.25) is 0 Å². The van der Waals surface area contributed by atoms with Crippen LogP contribution in [0.4, 0.5) is 10.7 Å². The van der Waals surface area contributed by atoms with Gasteiger partial charge in [0.1, 0.15) is 4.88 Å². The third-order valence-electron chi connectivity index (χ3n) is 3.10. The number of amides is 1. The zero-order valence-electron chi connectivity index (χ0n) is 12.8. The molecule has 1 aliphatic carbocycles. The van der Waals surface area contributed by atoms with Crippen LogP contribution in [0.25, 0.3) is 0 Å². The topological polar surface area (TPSA) is 76.4 Å². The largest absolute Gasteiger partial charge is 0.397 e. The standard InChI is InChI=1S/C15H25N3O2S/c1-10(2)9-20-7-3-6-17-13-8-12(16)14(21-13)15(19)18-11-4-5-11/h8,10-11,17H,3-7,9,16H2,1-2H3,(H,18,19). The second kappa shape index (κ2) is 7.66. The number of ether oxygens (including phenoxy) is 1. The maximum absolute atomic E-state index is 12.0. The van der Waals surface area contributed by atoms with Crippen LogP contribution in [-0.4, -0.2) is 31.7 Å². The maximum atomic E-state index is 12.0. The lowest BCUT2D eigenvalue weighted by Crippen LogP contribution is -2.25. The Hall–Kier alpha value is -1.27. The molecule has 0 aromatic carbocycles. The van der Waals surface area contributed by atoms with Gasteiger partial charge in [0.15, 0.2) is 0 Å². The van der Waals surface area contributed by atoms with Crippen molar-refractivity contribution in [2.24, 2.45) is 5.92 Å². The van der Waals surface area contributed by atoms with Crippen LogP contribution >= 0.6 is 11.3 Å². The van der Waals surface area contributed by atoms with Crippen molar-refractivity contribution in [3.63, 3.8) is 0 Å². The second-order valence-electron chi connectivity index (χ2n) is 5.89. The summed E-state index contributed by atoms with van der Waals surface area (Å²) in [6, 6.07) is 2.19. The number of anilines is 2. The molecular weight excluding hydrogens is 286 g/mol. The van der Waals surface area contributed by atoms with Crippen LogP contribution in [0, 0.1) is 5.92 Å². The van der Waals surface area contributed by atoms with Crippen molar-refractivity contribution in [1.29, 1.82) is 0 Å². The molecule has 1 aliphatic rings. The van der Waals surface area contributed by atoms with E-state index in [1.165, 1.54) is 11.3 Å². The van der Waals surface area contributed by atoms with Crippen LogP contribution in [0.15, 0.2) is 6.07 Å². The number of nitrogen functional groups attached to an aromatic ring is 1. The Balaban J connectivity index is 1.70.